The molecule has 0 aliphatic rings. The summed E-state index contributed by atoms with van der Waals surface area (Å²) in [6.07, 6.45) is 0.885. The zero-order chi connectivity index (χ0) is 22.1. The smallest absolute Gasteiger partial charge is 0.328 e. The second-order valence-electron chi connectivity index (χ2n) is 6.83. The number of aromatic nitrogens is 2. The van der Waals surface area contributed by atoms with Crippen LogP contribution in [0.3, 0.4) is 0 Å². The van der Waals surface area contributed by atoms with Crippen LogP contribution in [0.2, 0.25) is 0 Å². The maximum Gasteiger partial charge on any atom is 0.328 e. The van der Waals surface area contributed by atoms with Crippen LogP contribution < -0.4 is 11.2 Å². The summed E-state index contributed by atoms with van der Waals surface area (Å²) < 4.78 is 27.0. The minimum Gasteiger partial charge on any atom is -0.372 e. The second-order valence-corrected chi connectivity index (χ2v) is 7.79. The van der Waals surface area contributed by atoms with Crippen molar-refractivity contribution in [3.63, 3.8) is 0 Å². The molecule has 2 aromatic carbocycles. The lowest BCUT2D eigenvalue weighted by Gasteiger charge is -2.14. The largest absolute Gasteiger partial charge is 0.372 e. The molecule has 162 valence electrons. The Morgan fingerprint density at radius 2 is 1.42 bits per heavy atom. The molecule has 0 unspecified atom stereocenters. The van der Waals surface area contributed by atoms with Gasteiger partial charge in [-0.1, -0.05) is 76.6 Å². The topological polar surface area (TPSA) is 73.3 Å². The summed E-state index contributed by atoms with van der Waals surface area (Å²) in [5.41, 5.74) is 1.09. The van der Waals surface area contributed by atoms with Gasteiger partial charge in [-0.3, -0.25) is 14.3 Å². The second kappa shape index (κ2) is 11.5. The molecule has 1 heterocycles. The molecule has 8 heteroatoms. The zero-order valence-corrected chi connectivity index (χ0v) is 18.3. The lowest BCUT2D eigenvalue weighted by Crippen LogP contribution is -2.31. The molecular formula is C23H22BrFN2O4. The number of nitrogens with zero attached hydrogens (tertiary/aromatic N) is 1. The number of halogens is 2. The number of hydrogen-bond donors (Lipinski definition) is 1. The van der Waals surface area contributed by atoms with Crippen LogP contribution in [0.1, 0.15) is 11.1 Å². The van der Waals surface area contributed by atoms with Crippen molar-refractivity contribution < 1.29 is 13.9 Å². The van der Waals surface area contributed by atoms with Gasteiger partial charge in [-0.15, -0.1) is 0 Å². The Labute approximate surface area is 187 Å². The average molecular weight is 489 g/mol. The summed E-state index contributed by atoms with van der Waals surface area (Å²) in [5, 5.41) is 0. The lowest BCUT2D eigenvalue weighted by atomic mass is 10.2. The van der Waals surface area contributed by atoms with Crippen molar-refractivity contribution in [3.8, 4) is 0 Å². The van der Waals surface area contributed by atoms with Crippen LogP contribution in [-0.4, -0.2) is 22.8 Å². The molecule has 1 aromatic heterocycles. The molecule has 0 aliphatic carbocycles. The SMILES string of the molecule is O=c1[nH]c(=O)n(CC(Br)=C(COCc2ccccc2)COCc2ccccc2)cc1F. The first-order valence-corrected chi connectivity index (χ1v) is 10.4. The highest BCUT2D eigenvalue weighted by atomic mass is 79.9. The van der Waals surface area contributed by atoms with E-state index in [-0.39, 0.29) is 19.8 Å². The first-order chi connectivity index (χ1) is 15.0. The van der Waals surface area contributed by atoms with E-state index in [1.165, 1.54) is 0 Å². The monoisotopic (exact) mass is 488 g/mol. The molecular weight excluding hydrogens is 467 g/mol. The Morgan fingerprint density at radius 3 is 1.94 bits per heavy atom. The number of aromatic amines is 1. The van der Waals surface area contributed by atoms with Gasteiger partial charge in [-0.05, 0) is 16.7 Å². The van der Waals surface area contributed by atoms with Gasteiger partial charge in [0.25, 0.3) is 5.56 Å². The minimum atomic E-state index is -1.04. The number of nitrogens with one attached hydrogen (secondary N) is 1. The Bertz CT molecular complexity index is 1080. The molecule has 0 fully saturated rings. The highest BCUT2D eigenvalue weighted by molar-refractivity contribution is 9.11. The van der Waals surface area contributed by atoms with Crippen molar-refractivity contribution in [2.45, 2.75) is 19.8 Å². The van der Waals surface area contributed by atoms with E-state index in [1.54, 1.807) is 0 Å². The molecule has 31 heavy (non-hydrogen) atoms. The van der Waals surface area contributed by atoms with Gasteiger partial charge in [0.15, 0.2) is 0 Å². The Kier molecular flexibility index (Phi) is 8.52. The molecule has 0 bridgehead atoms. The van der Waals surface area contributed by atoms with Crippen molar-refractivity contribution in [2.75, 3.05) is 13.2 Å². The normalized spacial score (nSPS) is 10.8. The van der Waals surface area contributed by atoms with Crippen molar-refractivity contribution in [1.29, 1.82) is 0 Å². The number of rotatable bonds is 10. The van der Waals surface area contributed by atoms with E-state index in [0.717, 1.165) is 27.5 Å². The van der Waals surface area contributed by atoms with Crippen molar-refractivity contribution in [2.24, 2.45) is 0 Å². The van der Waals surface area contributed by atoms with Crippen molar-refractivity contribution in [1.82, 2.24) is 9.55 Å². The molecule has 3 rings (SSSR count). The van der Waals surface area contributed by atoms with Crippen LogP contribution in [0, 0.1) is 5.82 Å². The van der Waals surface area contributed by atoms with E-state index in [1.807, 2.05) is 65.6 Å². The van der Waals surface area contributed by atoms with Crippen LogP contribution in [0.5, 0.6) is 0 Å². The number of allylic oxidation sites excluding steroid dienone is 1. The van der Waals surface area contributed by atoms with Crippen LogP contribution in [-0.2, 0) is 29.2 Å². The van der Waals surface area contributed by atoms with Gasteiger partial charge in [0.1, 0.15) is 0 Å². The third kappa shape index (κ3) is 7.13. The summed E-state index contributed by atoms with van der Waals surface area (Å²) in [7, 11) is 0. The van der Waals surface area contributed by atoms with Crippen LogP contribution >= 0.6 is 15.9 Å². The maximum atomic E-state index is 13.6. The fraction of sp³-hybridized carbons (Fsp3) is 0.217. The highest BCUT2D eigenvalue weighted by Crippen LogP contribution is 2.17. The standard InChI is InChI=1S/C23H22BrFN2O4/c24-20(11-27-12-21(25)22(28)26-23(27)29)19(15-30-13-17-7-3-1-4-8-17)16-31-14-18-9-5-2-6-10-18/h1-10,12H,11,13-16H2,(H,26,28,29). The number of benzene rings is 2. The first-order valence-electron chi connectivity index (χ1n) is 9.62. The van der Waals surface area contributed by atoms with E-state index in [0.29, 0.717) is 17.7 Å². The predicted octanol–water partition coefficient (Wildman–Crippen LogP) is 3.76. The molecule has 0 amide bonds. The molecule has 0 aliphatic heterocycles. The van der Waals surface area contributed by atoms with Gasteiger partial charge in [0.2, 0.25) is 5.82 Å². The van der Waals surface area contributed by atoms with Gasteiger partial charge in [0.05, 0.1) is 39.2 Å². The third-order valence-electron chi connectivity index (χ3n) is 4.44. The molecule has 0 radical (unpaired) electrons. The summed E-state index contributed by atoms with van der Waals surface area (Å²) in [4.78, 5) is 25.2. The summed E-state index contributed by atoms with van der Waals surface area (Å²) in [6.45, 7) is 1.37. The first kappa shape index (κ1) is 22.9. The van der Waals surface area contributed by atoms with Crippen LogP contribution in [0.15, 0.2) is 86.5 Å². The summed E-state index contributed by atoms with van der Waals surface area (Å²) in [6, 6.07) is 19.5. The Balaban J connectivity index is 1.71. The number of hydrogen-bond acceptors (Lipinski definition) is 4. The molecule has 6 nitrogen and oxygen atoms in total. The van der Waals surface area contributed by atoms with E-state index in [9.17, 15) is 14.0 Å². The molecule has 1 N–H and O–H groups in total. The Morgan fingerprint density at radius 1 is 0.903 bits per heavy atom. The zero-order valence-electron chi connectivity index (χ0n) is 16.7. The van der Waals surface area contributed by atoms with Crippen molar-refractivity contribution >= 4 is 15.9 Å². The third-order valence-corrected chi connectivity index (χ3v) is 5.25. The predicted molar refractivity (Wildman–Crippen MR) is 119 cm³/mol. The maximum absolute atomic E-state index is 13.6. The van der Waals surface area contributed by atoms with Gasteiger partial charge in [-0.25, -0.2) is 4.79 Å². The molecule has 3 aromatic rings. The molecule has 0 saturated carbocycles. The van der Waals surface area contributed by atoms with Gasteiger partial charge in [-0.2, -0.15) is 4.39 Å². The van der Waals surface area contributed by atoms with Crippen molar-refractivity contribution in [3.05, 3.63) is 115 Å². The van der Waals surface area contributed by atoms with Gasteiger partial charge >= 0.3 is 5.69 Å². The fourth-order valence-electron chi connectivity index (χ4n) is 2.79. The highest BCUT2D eigenvalue weighted by Gasteiger charge is 2.10. The molecule has 0 saturated heterocycles. The lowest BCUT2D eigenvalue weighted by molar-refractivity contribution is 0.104. The van der Waals surface area contributed by atoms with Crippen LogP contribution in [0.4, 0.5) is 4.39 Å². The average Bonchev–Trinajstić information content (AvgIpc) is 2.78. The number of H-pyrrole nitrogens is 1. The quantitative estimate of drug-likeness (QED) is 0.471. The summed E-state index contributed by atoms with van der Waals surface area (Å²) >= 11 is 3.48. The fourth-order valence-corrected chi connectivity index (χ4v) is 3.29. The van der Waals surface area contributed by atoms with E-state index >= 15 is 0 Å². The Hall–Kier alpha value is -2.81. The van der Waals surface area contributed by atoms with Gasteiger partial charge < -0.3 is 9.47 Å². The van der Waals surface area contributed by atoms with Gasteiger partial charge in [0, 0.05) is 4.48 Å². The minimum absolute atomic E-state index is 0.0330. The molecule has 0 spiro atoms. The number of ether oxygens (including phenoxy) is 2. The van der Waals surface area contributed by atoms with E-state index in [2.05, 4.69) is 15.9 Å². The van der Waals surface area contributed by atoms with Crippen LogP contribution in [0.25, 0.3) is 0 Å². The van der Waals surface area contributed by atoms with E-state index < -0.39 is 17.1 Å². The summed E-state index contributed by atoms with van der Waals surface area (Å²) in [5.74, 6) is -1.03. The van der Waals surface area contributed by atoms with E-state index in [4.69, 9.17) is 9.47 Å². The molecule has 0 atom stereocenters.